The van der Waals surface area contributed by atoms with Crippen LogP contribution in [0.2, 0.25) is 0 Å². The lowest BCUT2D eigenvalue weighted by Gasteiger charge is -2.27. The van der Waals surface area contributed by atoms with Crippen molar-refractivity contribution in [2.45, 2.75) is 51.9 Å². The molecule has 1 nitrogen and oxygen atoms in total. The predicted octanol–water partition coefficient (Wildman–Crippen LogP) is 4.24. The maximum atomic E-state index is 13.1. The van der Waals surface area contributed by atoms with Crippen molar-refractivity contribution in [3.63, 3.8) is 0 Å². The number of hydrogen-bond donors (Lipinski definition) is 0. The van der Waals surface area contributed by atoms with Crippen LogP contribution in [0.3, 0.4) is 0 Å². The Morgan fingerprint density at radius 2 is 1.89 bits per heavy atom. The number of carbonyl (C=O) groups is 1. The monoisotopic (exact) mass is 266 g/mol. The van der Waals surface area contributed by atoms with Gasteiger partial charge in [-0.25, -0.2) is 8.78 Å². The van der Waals surface area contributed by atoms with Crippen molar-refractivity contribution in [3.05, 3.63) is 34.9 Å². The molecule has 0 heterocycles. The van der Waals surface area contributed by atoms with E-state index in [4.69, 9.17) is 0 Å². The molecular weight excluding hydrogens is 246 g/mol. The van der Waals surface area contributed by atoms with E-state index in [1.807, 2.05) is 32.0 Å². The van der Waals surface area contributed by atoms with Crippen molar-refractivity contribution in [2.75, 3.05) is 0 Å². The fraction of sp³-hybridized carbons (Fsp3) is 0.562. The van der Waals surface area contributed by atoms with Crippen LogP contribution in [0.1, 0.15) is 42.4 Å². The van der Waals surface area contributed by atoms with E-state index in [2.05, 4.69) is 0 Å². The number of carbonyl (C=O) groups excluding carboxylic acids is 1. The van der Waals surface area contributed by atoms with Crippen LogP contribution in [0.4, 0.5) is 8.78 Å². The van der Waals surface area contributed by atoms with Gasteiger partial charge in [-0.2, -0.15) is 0 Å². The number of hydrogen-bond acceptors (Lipinski definition) is 1. The fourth-order valence-corrected chi connectivity index (χ4v) is 2.68. The molecule has 0 bridgehead atoms. The molecule has 19 heavy (non-hydrogen) atoms. The molecule has 1 fully saturated rings. The Hall–Kier alpha value is -1.25. The van der Waals surface area contributed by atoms with Gasteiger partial charge in [0.1, 0.15) is 5.78 Å². The zero-order valence-electron chi connectivity index (χ0n) is 11.5. The number of halogens is 2. The van der Waals surface area contributed by atoms with Gasteiger partial charge in [0, 0.05) is 25.2 Å². The number of benzene rings is 1. The van der Waals surface area contributed by atoms with E-state index >= 15 is 0 Å². The molecule has 1 saturated carbocycles. The Labute approximate surface area is 113 Å². The summed E-state index contributed by atoms with van der Waals surface area (Å²) in [5.74, 6) is -2.63. The van der Waals surface area contributed by atoms with Gasteiger partial charge in [0.25, 0.3) is 0 Å². The van der Waals surface area contributed by atoms with Gasteiger partial charge in [0.2, 0.25) is 5.92 Å². The summed E-state index contributed by atoms with van der Waals surface area (Å²) in [5.41, 5.74) is 3.26. The molecule has 1 aliphatic rings. The average Bonchev–Trinajstić information content (AvgIpc) is 2.33. The van der Waals surface area contributed by atoms with E-state index in [0.29, 0.717) is 19.3 Å². The normalized spacial score (nSPS) is 19.4. The SMILES string of the molecule is Cc1ccc(C)c(CC(=O)C2CCC(F)(F)CC2)c1. The third kappa shape index (κ3) is 3.62. The molecule has 0 atom stereocenters. The molecule has 0 spiro atoms. The average molecular weight is 266 g/mol. The molecule has 0 radical (unpaired) electrons. The van der Waals surface area contributed by atoms with Crippen LogP contribution >= 0.6 is 0 Å². The minimum absolute atomic E-state index is 0.115. The fourth-order valence-electron chi connectivity index (χ4n) is 2.68. The van der Waals surface area contributed by atoms with Gasteiger partial charge in [-0.3, -0.25) is 4.79 Å². The van der Waals surface area contributed by atoms with Crippen LogP contribution in [0.5, 0.6) is 0 Å². The summed E-state index contributed by atoms with van der Waals surface area (Å²) < 4.78 is 26.1. The van der Waals surface area contributed by atoms with Crippen LogP contribution in [0, 0.1) is 19.8 Å². The summed E-state index contributed by atoms with van der Waals surface area (Å²) in [6.07, 6.45) is 0.754. The summed E-state index contributed by atoms with van der Waals surface area (Å²) in [6, 6.07) is 6.04. The Morgan fingerprint density at radius 1 is 1.26 bits per heavy atom. The summed E-state index contributed by atoms with van der Waals surface area (Å²) in [7, 11) is 0. The number of aryl methyl sites for hydroxylation is 2. The maximum Gasteiger partial charge on any atom is 0.248 e. The second kappa shape index (κ2) is 5.40. The molecule has 0 amide bonds. The number of ketones is 1. The lowest BCUT2D eigenvalue weighted by Crippen LogP contribution is -2.29. The Morgan fingerprint density at radius 3 is 2.53 bits per heavy atom. The van der Waals surface area contributed by atoms with Gasteiger partial charge >= 0.3 is 0 Å². The molecule has 0 saturated heterocycles. The van der Waals surface area contributed by atoms with Crippen LogP contribution in [-0.2, 0) is 11.2 Å². The molecule has 0 N–H and O–H groups in total. The van der Waals surface area contributed by atoms with Gasteiger partial charge in [-0.1, -0.05) is 23.8 Å². The van der Waals surface area contributed by atoms with E-state index in [1.165, 1.54) is 0 Å². The molecular formula is C16H20F2O. The van der Waals surface area contributed by atoms with Gasteiger partial charge in [-0.15, -0.1) is 0 Å². The van der Waals surface area contributed by atoms with Crippen molar-refractivity contribution in [3.8, 4) is 0 Å². The Kier molecular flexibility index (Phi) is 4.02. The number of Topliss-reactive ketones (excluding diaryl/α,β-unsaturated/α-hetero) is 1. The lowest BCUT2D eigenvalue weighted by molar-refractivity contribution is -0.126. The predicted molar refractivity (Wildman–Crippen MR) is 71.5 cm³/mol. The van der Waals surface area contributed by atoms with Crippen LogP contribution in [0.25, 0.3) is 0 Å². The second-order valence-electron chi connectivity index (χ2n) is 5.70. The molecule has 1 aliphatic carbocycles. The molecule has 0 aromatic heterocycles. The first-order valence-electron chi connectivity index (χ1n) is 6.84. The third-order valence-corrected chi connectivity index (χ3v) is 4.04. The molecule has 104 valence electrons. The summed E-state index contributed by atoms with van der Waals surface area (Å²) in [5, 5.41) is 0. The smallest absolute Gasteiger partial charge is 0.248 e. The molecule has 1 aromatic rings. The standard InChI is InChI=1S/C16H20F2O/c1-11-3-4-12(2)14(9-11)10-15(19)13-5-7-16(17,18)8-6-13/h3-4,9,13H,5-8,10H2,1-2H3. The zero-order chi connectivity index (χ0) is 14.0. The summed E-state index contributed by atoms with van der Waals surface area (Å²) in [6.45, 7) is 3.98. The zero-order valence-corrected chi connectivity index (χ0v) is 11.5. The van der Waals surface area contributed by atoms with E-state index in [1.54, 1.807) is 0 Å². The Bertz CT molecular complexity index is 470. The van der Waals surface area contributed by atoms with Crippen molar-refractivity contribution in [1.82, 2.24) is 0 Å². The van der Waals surface area contributed by atoms with E-state index in [-0.39, 0.29) is 24.5 Å². The molecule has 0 aliphatic heterocycles. The quantitative estimate of drug-likeness (QED) is 0.799. The topological polar surface area (TPSA) is 17.1 Å². The Balaban J connectivity index is 2.00. The summed E-state index contributed by atoms with van der Waals surface area (Å²) >= 11 is 0. The molecule has 1 aromatic carbocycles. The highest BCUT2D eigenvalue weighted by Crippen LogP contribution is 2.36. The first kappa shape index (κ1) is 14.2. The lowest BCUT2D eigenvalue weighted by atomic mass is 9.82. The van der Waals surface area contributed by atoms with Gasteiger partial charge in [-0.05, 0) is 37.8 Å². The highest BCUT2D eigenvalue weighted by Gasteiger charge is 2.37. The first-order valence-corrected chi connectivity index (χ1v) is 6.84. The van der Waals surface area contributed by atoms with Crippen LogP contribution < -0.4 is 0 Å². The van der Waals surface area contributed by atoms with E-state index < -0.39 is 5.92 Å². The number of alkyl halides is 2. The van der Waals surface area contributed by atoms with E-state index in [0.717, 1.165) is 16.7 Å². The molecule has 2 rings (SSSR count). The third-order valence-electron chi connectivity index (χ3n) is 4.04. The molecule has 3 heteroatoms. The minimum Gasteiger partial charge on any atom is -0.299 e. The van der Waals surface area contributed by atoms with Crippen LogP contribution in [0.15, 0.2) is 18.2 Å². The van der Waals surface area contributed by atoms with Crippen molar-refractivity contribution in [1.29, 1.82) is 0 Å². The van der Waals surface area contributed by atoms with Crippen molar-refractivity contribution >= 4 is 5.78 Å². The molecule has 0 unspecified atom stereocenters. The van der Waals surface area contributed by atoms with Gasteiger partial charge in [0.15, 0.2) is 0 Å². The first-order chi connectivity index (χ1) is 8.87. The summed E-state index contributed by atoms with van der Waals surface area (Å²) in [4.78, 5) is 12.2. The van der Waals surface area contributed by atoms with Gasteiger partial charge in [0.05, 0.1) is 0 Å². The van der Waals surface area contributed by atoms with Crippen LogP contribution in [-0.4, -0.2) is 11.7 Å². The number of rotatable bonds is 3. The second-order valence-corrected chi connectivity index (χ2v) is 5.70. The largest absolute Gasteiger partial charge is 0.299 e. The highest BCUT2D eigenvalue weighted by molar-refractivity contribution is 5.83. The maximum absolute atomic E-state index is 13.1. The van der Waals surface area contributed by atoms with E-state index in [9.17, 15) is 13.6 Å². The minimum atomic E-state index is -2.56. The van der Waals surface area contributed by atoms with Crippen molar-refractivity contribution < 1.29 is 13.6 Å². The van der Waals surface area contributed by atoms with Gasteiger partial charge < -0.3 is 0 Å². The van der Waals surface area contributed by atoms with Crippen molar-refractivity contribution in [2.24, 2.45) is 5.92 Å². The highest BCUT2D eigenvalue weighted by atomic mass is 19.3.